The number of rotatable bonds is 6. The molecule has 0 atom stereocenters. The summed E-state index contributed by atoms with van der Waals surface area (Å²) in [5.41, 5.74) is -1.12. The predicted molar refractivity (Wildman–Crippen MR) is 124 cm³/mol. The number of methoxy groups -OCH3 is 1. The molecule has 5 rings (SSSR count). The molecule has 1 amide bonds. The summed E-state index contributed by atoms with van der Waals surface area (Å²) in [7, 11) is 3.36. The van der Waals surface area contributed by atoms with Crippen LogP contribution in [-0.2, 0) is 11.2 Å². The number of carbonyl (C=O) groups excluding carboxylic acids is 1. The Morgan fingerprint density at radius 3 is 2.66 bits per heavy atom. The molecule has 12 heteroatoms. The topological polar surface area (TPSA) is 101 Å². The Hall–Kier alpha value is -3.38. The smallest absolute Gasteiger partial charge is 0.278 e. The lowest BCUT2D eigenvalue weighted by atomic mass is 9.81. The van der Waals surface area contributed by atoms with Gasteiger partial charge >= 0.3 is 0 Å². The lowest BCUT2D eigenvalue weighted by Crippen LogP contribution is -2.72. The van der Waals surface area contributed by atoms with Gasteiger partial charge in [-0.15, -0.1) is 10.2 Å². The Morgan fingerprint density at radius 1 is 1.23 bits per heavy atom. The average molecular weight is 504 g/mol. The van der Waals surface area contributed by atoms with E-state index >= 15 is 0 Å². The summed E-state index contributed by atoms with van der Waals surface area (Å²) in [6.07, 6.45) is 3.98. The molecule has 0 bridgehead atoms. The molecule has 1 fully saturated rings. The Morgan fingerprint density at radius 2 is 2.00 bits per heavy atom. The fourth-order valence-corrected chi connectivity index (χ4v) is 5.58. The number of fused-ring (bicyclic) bond motifs is 1. The molecule has 3 aromatic rings. The summed E-state index contributed by atoms with van der Waals surface area (Å²) < 4.78 is 33.9. The summed E-state index contributed by atoms with van der Waals surface area (Å²) in [6.45, 7) is 0.654. The maximum Gasteiger partial charge on any atom is 0.278 e. The van der Waals surface area contributed by atoms with Gasteiger partial charge in [-0.3, -0.25) is 19.3 Å². The number of hydrogen-bond donors (Lipinski definition) is 1. The number of benzene rings is 1. The number of pyridine rings is 1. The minimum absolute atomic E-state index is 0.0675. The van der Waals surface area contributed by atoms with Crippen molar-refractivity contribution in [1.82, 2.24) is 19.8 Å². The summed E-state index contributed by atoms with van der Waals surface area (Å²) in [6, 6.07) is 3.29. The maximum atomic E-state index is 14.1. The molecule has 1 aromatic carbocycles. The quantitative estimate of drug-likeness (QED) is 0.552. The molecule has 0 unspecified atom stereocenters. The Bertz CT molecular complexity index is 1370. The fraction of sp³-hybridized carbons (Fsp3) is 0.391. The standard InChI is InChI=1S/C23H23F2N5O4S/c1-28-23(6-3-7-23)29(8-9-34-2)22(33)18-20(32)19(31)15(12-30(18)28)21-27-26-17(35-21)10-13-4-5-14(24)11-16(13)25/h4-5,11-12,32H,3,6-10H2,1-2H3. The lowest BCUT2D eigenvalue weighted by Gasteiger charge is -2.59. The summed E-state index contributed by atoms with van der Waals surface area (Å²) in [5, 5.41) is 21.4. The van der Waals surface area contributed by atoms with E-state index in [-0.39, 0.29) is 28.2 Å². The number of halogens is 2. The fourth-order valence-electron chi connectivity index (χ4n) is 4.71. The Balaban J connectivity index is 1.54. The number of ether oxygens (including phenoxy) is 1. The van der Waals surface area contributed by atoms with Crippen molar-refractivity contribution in [1.29, 1.82) is 0 Å². The summed E-state index contributed by atoms with van der Waals surface area (Å²) in [4.78, 5) is 28.1. The highest BCUT2D eigenvalue weighted by molar-refractivity contribution is 7.14. The van der Waals surface area contributed by atoms with Crippen molar-refractivity contribution < 1.29 is 23.4 Å². The molecule has 1 aliphatic carbocycles. The first kappa shape index (κ1) is 23.4. The van der Waals surface area contributed by atoms with Crippen molar-refractivity contribution in [2.24, 2.45) is 0 Å². The van der Waals surface area contributed by atoms with Crippen LogP contribution in [0.1, 0.15) is 40.3 Å². The van der Waals surface area contributed by atoms with Crippen LogP contribution in [0.3, 0.4) is 0 Å². The van der Waals surface area contributed by atoms with E-state index in [0.29, 0.717) is 18.2 Å². The van der Waals surface area contributed by atoms with Crippen LogP contribution in [-0.4, -0.2) is 63.8 Å². The van der Waals surface area contributed by atoms with Crippen molar-refractivity contribution in [3.63, 3.8) is 0 Å². The van der Waals surface area contributed by atoms with E-state index in [9.17, 15) is 23.5 Å². The monoisotopic (exact) mass is 503 g/mol. The molecular weight excluding hydrogens is 480 g/mol. The number of nitrogens with zero attached hydrogens (tertiary/aromatic N) is 5. The molecule has 1 saturated carbocycles. The molecule has 2 aromatic heterocycles. The molecule has 9 nitrogen and oxygen atoms in total. The summed E-state index contributed by atoms with van der Waals surface area (Å²) >= 11 is 1.06. The second-order valence-electron chi connectivity index (χ2n) is 8.64. The molecule has 1 spiro atoms. The van der Waals surface area contributed by atoms with Crippen LogP contribution in [0.25, 0.3) is 10.6 Å². The normalized spacial score (nSPS) is 16.5. The van der Waals surface area contributed by atoms with Gasteiger partial charge in [0.2, 0.25) is 5.43 Å². The zero-order chi connectivity index (χ0) is 24.9. The third-order valence-electron chi connectivity index (χ3n) is 6.77. The number of aromatic nitrogens is 3. The van der Waals surface area contributed by atoms with Gasteiger partial charge in [0, 0.05) is 39.4 Å². The van der Waals surface area contributed by atoms with Gasteiger partial charge in [-0.2, -0.15) is 0 Å². The van der Waals surface area contributed by atoms with Gasteiger partial charge in [-0.1, -0.05) is 17.4 Å². The van der Waals surface area contributed by atoms with Crippen LogP contribution in [0.2, 0.25) is 0 Å². The van der Waals surface area contributed by atoms with E-state index in [2.05, 4.69) is 10.2 Å². The zero-order valence-electron chi connectivity index (χ0n) is 19.1. The predicted octanol–water partition coefficient (Wildman–Crippen LogP) is 2.49. The number of amides is 1. The minimum Gasteiger partial charge on any atom is -0.502 e. The maximum absolute atomic E-state index is 14.1. The molecule has 0 saturated heterocycles. The molecule has 184 valence electrons. The van der Waals surface area contributed by atoms with Crippen LogP contribution < -0.4 is 10.4 Å². The van der Waals surface area contributed by atoms with Gasteiger partial charge in [-0.25, -0.2) is 8.78 Å². The van der Waals surface area contributed by atoms with E-state index < -0.39 is 34.4 Å². The number of hydrogen-bond acceptors (Lipinski definition) is 8. The second-order valence-corrected chi connectivity index (χ2v) is 9.70. The average Bonchev–Trinajstić information content (AvgIpc) is 3.26. The highest BCUT2D eigenvalue weighted by Gasteiger charge is 2.53. The van der Waals surface area contributed by atoms with Crippen LogP contribution >= 0.6 is 11.3 Å². The van der Waals surface area contributed by atoms with E-state index in [1.165, 1.54) is 16.9 Å². The van der Waals surface area contributed by atoms with E-state index in [4.69, 9.17) is 4.74 Å². The molecule has 1 N–H and O–H groups in total. The molecule has 35 heavy (non-hydrogen) atoms. The van der Waals surface area contributed by atoms with Gasteiger partial charge in [0.15, 0.2) is 16.5 Å². The number of aromatic hydroxyl groups is 1. The third kappa shape index (κ3) is 3.67. The van der Waals surface area contributed by atoms with Gasteiger partial charge < -0.3 is 14.7 Å². The largest absolute Gasteiger partial charge is 0.502 e. The minimum atomic E-state index is -0.745. The second kappa shape index (κ2) is 8.68. The van der Waals surface area contributed by atoms with Gasteiger partial charge in [-0.05, 0) is 30.9 Å². The van der Waals surface area contributed by atoms with Crippen LogP contribution in [0, 0.1) is 11.6 Å². The number of carbonyl (C=O) groups is 1. The van der Waals surface area contributed by atoms with Crippen LogP contribution in [0.4, 0.5) is 8.78 Å². The van der Waals surface area contributed by atoms with Crippen LogP contribution in [0.5, 0.6) is 5.75 Å². The van der Waals surface area contributed by atoms with Crippen molar-refractivity contribution in [3.8, 4) is 16.3 Å². The molecule has 1 aliphatic heterocycles. The molecule has 2 aliphatic rings. The highest BCUT2D eigenvalue weighted by atomic mass is 32.1. The van der Waals surface area contributed by atoms with Gasteiger partial charge in [0.1, 0.15) is 22.3 Å². The molecule has 3 heterocycles. The molecular formula is C23H23F2N5O4S. The first-order valence-electron chi connectivity index (χ1n) is 11.1. The van der Waals surface area contributed by atoms with Crippen molar-refractivity contribution >= 4 is 17.2 Å². The van der Waals surface area contributed by atoms with E-state index in [0.717, 1.165) is 42.7 Å². The van der Waals surface area contributed by atoms with Crippen LogP contribution in [0.15, 0.2) is 29.2 Å². The Labute approximate surface area is 203 Å². The Kier molecular flexibility index (Phi) is 5.80. The van der Waals surface area contributed by atoms with Crippen molar-refractivity contribution in [3.05, 3.63) is 62.5 Å². The van der Waals surface area contributed by atoms with Crippen molar-refractivity contribution in [2.75, 3.05) is 32.3 Å². The SMILES string of the molecule is COCCN1C(=O)c2c(O)c(=O)c(-c3nnc(Cc4ccc(F)cc4F)s3)cn2N(C)C12CCC2. The van der Waals surface area contributed by atoms with E-state index in [1.807, 2.05) is 12.1 Å². The lowest BCUT2D eigenvalue weighted by molar-refractivity contribution is -0.0171. The zero-order valence-corrected chi connectivity index (χ0v) is 19.9. The first-order valence-corrected chi connectivity index (χ1v) is 11.9. The van der Waals surface area contributed by atoms with Crippen molar-refractivity contribution in [2.45, 2.75) is 31.3 Å². The molecule has 0 radical (unpaired) electrons. The summed E-state index contributed by atoms with van der Waals surface area (Å²) in [5.74, 6) is -2.48. The van der Waals surface area contributed by atoms with E-state index in [1.54, 1.807) is 12.0 Å². The van der Waals surface area contributed by atoms with Gasteiger partial charge in [0.05, 0.1) is 12.2 Å². The highest BCUT2D eigenvalue weighted by Crippen LogP contribution is 2.43. The van der Waals surface area contributed by atoms with Gasteiger partial charge in [0.25, 0.3) is 5.91 Å². The first-order chi connectivity index (χ1) is 16.8. The third-order valence-corrected chi connectivity index (χ3v) is 7.72.